The van der Waals surface area contributed by atoms with E-state index < -0.39 is 4.92 Å². The fourth-order valence-corrected chi connectivity index (χ4v) is 2.53. The minimum atomic E-state index is -0.422. The van der Waals surface area contributed by atoms with Gasteiger partial charge in [-0.25, -0.2) is 0 Å². The molecule has 4 nitrogen and oxygen atoms in total. The van der Waals surface area contributed by atoms with Crippen LogP contribution >= 0.6 is 0 Å². The first-order valence-electron chi connectivity index (χ1n) is 6.79. The molecule has 0 spiro atoms. The van der Waals surface area contributed by atoms with Crippen molar-refractivity contribution in [1.29, 1.82) is 0 Å². The van der Waals surface area contributed by atoms with Crippen molar-refractivity contribution in [3.05, 3.63) is 82.9 Å². The zero-order valence-corrected chi connectivity index (χ0v) is 11.6. The fraction of sp³-hybridized carbons (Fsp3) is 0. The lowest BCUT2D eigenvalue weighted by Crippen LogP contribution is -1.95. The first kappa shape index (κ1) is 13.8. The Balaban J connectivity index is 2.38. The molecule has 22 heavy (non-hydrogen) atoms. The maximum atomic E-state index is 11.4. The van der Waals surface area contributed by atoms with E-state index in [2.05, 4.69) is 0 Å². The fourth-order valence-electron chi connectivity index (χ4n) is 2.53. The predicted molar refractivity (Wildman–Crippen MR) is 85.6 cm³/mol. The van der Waals surface area contributed by atoms with E-state index >= 15 is 0 Å². The van der Waals surface area contributed by atoms with Crippen LogP contribution in [0.4, 0.5) is 5.69 Å². The molecule has 0 saturated carbocycles. The third-order valence-corrected chi connectivity index (χ3v) is 3.48. The Hall–Kier alpha value is -3.14. The highest BCUT2D eigenvalue weighted by atomic mass is 16.6. The summed E-state index contributed by atoms with van der Waals surface area (Å²) in [6.07, 6.45) is 0. The number of nitro groups is 1. The van der Waals surface area contributed by atoms with Crippen LogP contribution in [0.3, 0.4) is 0 Å². The van der Waals surface area contributed by atoms with Crippen LogP contribution in [0.15, 0.2) is 72.8 Å². The SMILES string of the molecule is O=[N+]([O-])c1ccc(O)c(-c2ccccc2)c1-c1ccccc1. The molecule has 0 aliphatic carbocycles. The Bertz CT molecular complexity index is 814. The van der Waals surface area contributed by atoms with Crippen molar-refractivity contribution in [3.8, 4) is 28.0 Å². The molecule has 0 heterocycles. The Labute approximate surface area is 127 Å². The number of rotatable bonds is 3. The molecule has 0 unspecified atom stereocenters. The van der Waals surface area contributed by atoms with Gasteiger partial charge in [-0.3, -0.25) is 10.1 Å². The lowest BCUT2D eigenvalue weighted by molar-refractivity contribution is -0.384. The van der Waals surface area contributed by atoms with E-state index in [4.69, 9.17) is 0 Å². The van der Waals surface area contributed by atoms with Crippen molar-refractivity contribution < 1.29 is 10.0 Å². The van der Waals surface area contributed by atoms with Crippen LogP contribution in [0, 0.1) is 10.1 Å². The summed E-state index contributed by atoms with van der Waals surface area (Å²) >= 11 is 0. The molecule has 0 aliphatic heterocycles. The number of aromatic hydroxyl groups is 1. The molecule has 0 radical (unpaired) electrons. The van der Waals surface area contributed by atoms with Gasteiger partial charge in [-0.1, -0.05) is 60.7 Å². The second kappa shape index (κ2) is 5.69. The van der Waals surface area contributed by atoms with Crippen LogP contribution in [0.1, 0.15) is 0 Å². The monoisotopic (exact) mass is 291 g/mol. The number of benzene rings is 3. The quantitative estimate of drug-likeness (QED) is 0.565. The summed E-state index contributed by atoms with van der Waals surface area (Å²) in [7, 11) is 0. The summed E-state index contributed by atoms with van der Waals surface area (Å²) in [5.74, 6) is 0.0238. The molecule has 0 aromatic heterocycles. The highest BCUT2D eigenvalue weighted by Gasteiger charge is 2.23. The molecule has 0 bridgehead atoms. The highest BCUT2D eigenvalue weighted by molar-refractivity contribution is 5.92. The molecule has 0 fully saturated rings. The number of phenolic OH excluding ortho intramolecular Hbond substituents is 1. The Kier molecular flexibility index (Phi) is 3.58. The van der Waals surface area contributed by atoms with E-state index in [-0.39, 0.29) is 11.4 Å². The molecular weight excluding hydrogens is 278 g/mol. The van der Waals surface area contributed by atoms with Gasteiger partial charge in [0.1, 0.15) is 5.75 Å². The van der Waals surface area contributed by atoms with E-state index in [1.165, 1.54) is 12.1 Å². The highest BCUT2D eigenvalue weighted by Crippen LogP contribution is 2.43. The van der Waals surface area contributed by atoms with Crippen LogP contribution in [0.2, 0.25) is 0 Å². The van der Waals surface area contributed by atoms with Crippen molar-refractivity contribution >= 4 is 5.69 Å². The minimum absolute atomic E-state index is 0.0238. The van der Waals surface area contributed by atoms with Gasteiger partial charge < -0.3 is 5.11 Å². The molecule has 3 aromatic rings. The summed E-state index contributed by atoms with van der Waals surface area (Å²) in [5.41, 5.74) is 2.31. The number of nitrogens with zero attached hydrogens (tertiary/aromatic N) is 1. The van der Waals surface area contributed by atoms with E-state index in [0.717, 1.165) is 5.56 Å². The van der Waals surface area contributed by atoms with Gasteiger partial charge in [-0.05, 0) is 17.2 Å². The van der Waals surface area contributed by atoms with Crippen LogP contribution in [-0.4, -0.2) is 10.0 Å². The third-order valence-electron chi connectivity index (χ3n) is 3.48. The van der Waals surface area contributed by atoms with Gasteiger partial charge >= 0.3 is 0 Å². The zero-order valence-electron chi connectivity index (χ0n) is 11.6. The Morgan fingerprint density at radius 2 is 1.23 bits per heavy atom. The number of nitro benzene ring substituents is 1. The van der Waals surface area contributed by atoms with Crippen molar-refractivity contribution in [2.45, 2.75) is 0 Å². The predicted octanol–water partition coefficient (Wildman–Crippen LogP) is 4.63. The normalized spacial score (nSPS) is 10.4. The summed E-state index contributed by atoms with van der Waals surface area (Å²) in [5, 5.41) is 21.7. The number of hydrogen-bond donors (Lipinski definition) is 1. The van der Waals surface area contributed by atoms with Crippen molar-refractivity contribution in [2.75, 3.05) is 0 Å². The topological polar surface area (TPSA) is 63.4 Å². The van der Waals surface area contributed by atoms with Gasteiger partial charge in [0.05, 0.1) is 10.5 Å². The van der Waals surface area contributed by atoms with Gasteiger partial charge in [0, 0.05) is 11.6 Å². The molecule has 0 aliphatic rings. The van der Waals surface area contributed by atoms with Crippen LogP contribution < -0.4 is 0 Å². The van der Waals surface area contributed by atoms with E-state index in [9.17, 15) is 15.2 Å². The lowest BCUT2D eigenvalue weighted by atomic mass is 9.92. The lowest BCUT2D eigenvalue weighted by Gasteiger charge is -2.12. The maximum Gasteiger partial charge on any atom is 0.278 e. The van der Waals surface area contributed by atoms with Gasteiger partial charge in [0.2, 0.25) is 0 Å². The smallest absolute Gasteiger partial charge is 0.278 e. The molecule has 4 heteroatoms. The van der Waals surface area contributed by atoms with Crippen molar-refractivity contribution in [1.82, 2.24) is 0 Å². The number of hydrogen-bond acceptors (Lipinski definition) is 3. The molecule has 108 valence electrons. The van der Waals surface area contributed by atoms with Gasteiger partial charge in [0.15, 0.2) is 0 Å². The first-order valence-corrected chi connectivity index (χ1v) is 6.79. The van der Waals surface area contributed by atoms with Gasteiger partial charge in [-0.15, -0.1) is 0 Å². The van der Waals surface area contributed by atoms with Crippen LogP contribution in [0.5, 0.6) is 5.75 Å². The van der Waals surface area contributed by atoms with Gasteiger partial charge in [0.25, 0.3) is 5.69 Å². The standard InChI is InChI=1S/C18H13NO3/c20-16-12-11-15(19(21)22)17(13-7-3-1-4-8-13)18(16)14-9-5-2-6-10-14/h1-12,20H. The summed E-state index contributed by atoms with van der Waals surface area (Å²) in [6.45, 7) is 0. The average Bonchev–Trinajstić information content (AvgIpc) is 2.56. The summed E-state index contributed by atoms with van der Waals surface area (Å²) < 4.78 is 0. The van der Waals surface area contributed by atoms with Crippen LogP contribution in [0.25, 0.3) is 22.3 Å². The number of phenols is 1. The van der Waals surface area contributed by atoms with Crippen LogP contribution in [-0.2, 0) is 0 Å². The molecule has 0 saturated heterocycles. The van der Waals surface area contributed by atoms with E-state index in [0.29, 0.717) is 16.7 Å². The summed E-state index contributed by atoms with van der Waals surface area (Å²) in [6, 6.07) is 21.0. The summed E-state index contributed by atoms with van der Waals surface area (Å²) in [4.78, 5) is 11.0. The first-order chi connectivity index (χ1) is 10.7. The van der Waals surface area contributed by atoms with Crippen molar-refractivity contribution in [3.63, 3.8) is 0 Å². The molecule has 1 N–H and O–H groups in total. The molecule has 0 amide bonds. The largest absolute Gasteiger partial charge is 0.507 e. The van der Waals surface area contributed by atoms with E-state index in [1.807, 2.05) is 48.5 Å². The Morgan fingerprint density at radius 3 is 1.73 bits per heavy atom. The molecule has 3 rings (SSSR count). The second-order valence-corrected chi connectivity index (χ2v) is 4.84. The molecule has 0 atom stereocenters. The second-order valence-electron chi connectivity index (χ2n) is 4.84. The van der Waals surface area contributed by atoms with Gasteiger partial charge in [-0.2, -0.15) is 0 Å². The van der Waals surface area contributed by atoms with Crippen molar-refractivity contribution in [2.24, 2.45) is 0 Å². The minimum Gasteiger partial charge on any atom is -0.507 e. The molecular formula is C18H13NO3. The van der Waals surface area contributed by atoms with E-state index in [1.54, 1.807) is 12.1 Å². The average molecular weight is 291 g/mol. The third kappa shape index (κ3) is 2.42. The Morgan fingerprint density at radius 1 is 0.727 bits per heavy atom. The zero-order chi connectivity index (χ0) is 15.5. The maximum absolute atomic E-state index is 11.4. The molecule has 3 aromatic carbocycles.